The van der Waals surface area contributed by atoms with E-state index in [0.29, 0.717) is 0 Å². The number of anilines is 1. The molecular weight excluding hydrogens is 232 g/mol. The van der Waals surface area contributed by atoms with Crippen molar-refractivity contribution in [2.24, 2.45) is 0 Å². The van der Waals surface area contributed by atoms with Gasteiger partial charge in [0.15, 0.2) is 0 Å². The van der Waals surface area contributed by atoms with E-state index >= 15 is 0 Å². The first-order valence-electron chi connectivity index (χ1n) is 5.74. The number of nitrogens with two attached hydrogens (primary N) is 1. The van der Waals surface area contributed by atoms with Gasteiger partial charge in [-0.05, 0) is 39.3 Å². The van der Waals surface area contributed by atoms with Crippen molar-refractivity contribution in [3.05, 3.63) is 29.8 Å². The van der Waals surface area contributed by atoms with E-state index in [9.17, 15) is 4.21 Å². The monoisotopic (exact) mass is 254 g/mol. The van der Waals surface area contributed by atoms with Crippen molar-refractivity contribution >= 4 is 16.7 Å². The third-order valence-electron chi connectivity index (χ3n) is 2.78. The molecule has 0 heterocycles. The minimum atomic E-state index is -1.04. The maximum absolute atomic E-state index is 12.3. The first-order chi connectivity index (χ1) is 7.75. The molecule has 0 radical (unpaired) electrons. The Labute approximate surface area is 107 Å². The summed E-state index contributed by atoms with van der Waals surface area (Å²) in [7, 11) is 0.830. The number of hydrogen-bond acceptors (Lipinski definition) is 2. The van der Waals surface area contributed by atoms with Crippen LogP contribution in [0.4, 0.5) is 5.69 Å². The van der Waals surface area contributed by atoms with Gasteiger partial charge in [0.25, 0.3) is 0 Å². The Morgan fingerprint density at radius 2 is 1.82 bits per heavy atom. The molecule has 4 heteroatoms. The molecule has 0 unspecified atom stereocenters. The van der Waals surface area contributed by atoms with Gasteiger partial charge in [-0.25, -0.2) is 8.51 Å². The van der Waals surface area contributed by atoms with E-state index in [1.54, 1.807) is 0 Å². The standard InChI is InChI=1S/C13H22N2OS/c1-10(11-8-6-7-9-12(11)14)15(5)17(16)13(2,3)4/h6-10H,14H2,1-5H3/t10-,17-/m1/s1. The summed E-state index contributed by atoms with van der Waals surface area (Å²) in [5.41, 5.74) is 7.71. The van der Waals surface area contributed by atoms with Crippen LogP contribution in [0.2, 0.25) is 0 Å². The number of para-hydroxylation sites is 1. The van der Waals surface area contributed by atoms with E-state index in [0.717, 1.165) is 11.3 Å². The van der Waals surface area contributed by atoms with Crippen LogP contribution in [-0.2, 0) is 11.0 Å². The van der Waals surface area contributed by atoms with E-state index in [2.05, 4.69) is 0 Å². The van der Waals surface area contributed by atoms with Crippen LogP contribution in [-0.4, -0.2) is 20.3 Å². The van der Waals surface area contributed by atoms with Gasteiger partial charge < -0.3 is 5.73 Å². The number of nitrogens with zero attached hydrogens (tertiary/aromatic N) is 1. The fourth-order valence-corrected chi connectivity index (χ4v) is 2.93. The third-order valence-corrected chi connectivity index (χ3v) is 4.66. The lowest BCUT2D eigenvalue weighted by atomic mass is 10.1. The summed E-state index contributed by atoms with van der Waals surface area (Å²) < 4.78 is 13.9. The maximum Gasteiger partial charge on any atom is 0.1000 e. The highest BCUT2D eigenvalue weighted by molar-refractivity contribution is 7.84. The van der Waals surface area contributed by atoms with Gasteiger partial charge in [-0.1, -0.05) is 18.2 Å². The second-order valence-corrected chi connectivity index (χ2v) is 7.51. The molecule has 1 rings (SSSR count). The van der Waals surface area contributed by atoms with Gasteiger partial charge in [0.1, 0.15) is 0 Å². The first-order valence-corrected chi connectivity index (χ1v) is 6.85. The molecule has 0 spiro atoms. The highest BCUT2D eigenvalue weighted by Crippen LogP contribution is 2.28. The van der Waals surface area contributed by atoms with Crippen LogP contribution in [0.5, 0.6) is 0 Å². The average Bonchev–Trinajstić information content (AvgIpc) is 2.25. The van der Waals surface area contributed by atoms with E-state index in [1.165, 1.54) is 0 Å². The van der Waals surface area contributed by atoms with Crippen molar-refractivity contribution < 1.29 is 4.21 Å². The minimum Gasteiger partial charge on any atom is -0.398 e. The summed E-state index contributed by atoms with van der Waals surface area (Å²) in [5, 5.41) is 0. The largest absolute Gasteiger partial charge is 0.398 e. The van der Waals surface area contributed by atoms with Gasteiger partial charge in [0.05, 0.1) is 15.7 Å². The average molecular weight is 254 g/mol. The molecule has 0 aromatic heterocycles. The lowest BCUT2D eigenvalue weighted by Gasteiger charge is -2.30. The second kappa shape index (κ2) is 5.19. The summed E-state index contributed by atoms with van der Waals surface area (Å²) in [6.07, 6.45) is 0. The molecule has 0 aliphatic carbocycles. The van der Waals surface area contributed by atoms with Gasteiger partial charge in [-0.2, -0.15) is 0 Å². The van der Waals surface area contributed by atoms with Crippen molar-refractivity contribution in [3.63, 3.8) is 0 Å². The lowest BCUT2D eigenvalue weighted by Crippen LogP contribution is -2.36. The molecule has 0 fully saturated rings. The Morgan fingerprint density at radius 3 is 2.29 bits per heavy atom. The van der Waals surface area contributed by atoms with E-state index in [4.69, 9.17) is 5.73 Å². The molecule has 0 aliphatic rings. The molecule has 17 heavy (non-hydrogen) atoms. The Bertz CT molecular complexity index is 412. The highest BCUT2D eigenvalue weighted by Gasteiger charge is 2.27. The molecule has 0 saturated heterocycles. The predicted octanol–water partition coefficient (Wildman–Crippen LogP) is 2.72. The Kier molecular flexibility index (Phi) is 4.33. The van der Waals surface area contributed by atoms with Crippen LogP contribution >= 0.6 is 0 Å². The zero-order chi connectivity index (χ0) is 13.2. The summed E-state index contributed by atoms with van der Waals surface area (Å²) in [6.45, 7) is 7.94. The van der Waals surface area contributed by atoms with E-state index in [-0.39, 0.29) is 10.8 Å². The van der Waals surface area contributed by atoms with Crippen molar-refractivity contribution in [2.45, 2.75) is 38.5 Å². The molecule has 2 atom stereocenters. The van der Waals surface area contributed by atoms with Gasteiger partial charge >= 0.3 is 0 Å². The van der Waals surface area contributed by atoms with Crippen LogP contribution in [0, 0.1) is 0 Å². The van der Waals surface area contributed by atoms with E-state index in [1.807, 2.05) is 63.3 Å². The SMILES string of the molecule is C[C@H](c1ccccc1N)N(C)[S@](=O)C(C)(C)C. The predicted molar refractivity (Wildman–Crippen MR) is 74.9 cm³/mol. The van der Waals surface area contributed by atoms with Crippen molar-refractivity contribution in [1.29, 1.82) is 0 Å². The molecule has 2 N–H and O–H groups in total. The fraction of sp³-hybridized carbons (Fsp3) is 0.538. The van der Waals surface area contributed by atoms with Crippen molar-refractivity contribution in [3.8, 4) is 0 Å². The normalized spacial score (nSPS) is 15.9. The van der Waals surface area contributed by atoms with Gasteiger partial charge in [0.2, 0.25) is 0 Å². The number of benzene rings is 1. The zero-order valence-corrected chi connectivity index (χ0v) is 12.0. The molecule has 0 aliphatic heterocycles. The lowest BCUT2D eigenvalue weighted by molar-refractivity contribution is 0.418. The molecule has 1 aromatic rings. The minimum absolute atomic E-state index is 0.0382. The number of nitrogen functional groups attached to an aromatic ring is 1. The summed E-state index contributed by atoms with van der Waals surface area (Å²) in [6, 6.07) is 7.76. The first kappa shape index (κ1) is 14.2. The van der Waals surface area contributed by atoms with Crippen LogP contribution in [0.15, 0.2) is 24.3 Å². The fourth-order valence-electron chi connectivity index (χ4n) is 1.66. The number of hydrogen-bond donors (Lipinski definition) is 1. The quantitative estimate of drug-likeness (QED) is 0.843. The second-order valence-electron chi connectivity index (χ2n) is 5.21. The van der Waals surface area contributed by atoms with Crippen LogP contribution in [0.1, 0.15) is 39.3 Å². The Hall–Kier alpha value is -0.870. The number of rotatable bonds is 3. The molecule has 0 amide bonds. The zero-order valence-electron chi connectivity index (χ0n) is 11.2. The van der Waals surface area contributed by atoms with Gasteiger partial charge in [-0.15, -0.1) is 0 Å². The van der Waals surface area contributed by atoms with Crippen LogP contribution in [0.25, 0.3) is 0 Å². The molecular formula is C13H22N2OS. The molecule has 3 nitrogen and oxygen atoms in total. The van der Waals surface area contributed by atoms with Crippen molar-refractivity contribution in [1.82, 2.24) is 4.31 Å². The summed E-state index contributed by atoms with van der Waals surface area (Å²) in [4.78, 5) is 0. The smallest absolute Gasteiger partial charge is 0.1000 e. The maximum atomic E-state index is 12.3. The third kappa shape index (κ3) is 3.30. The van der Waals surface area contributed by atoms with Gasteiger partial charge in [0, 0.05) is 18.8 Å². The molecule has 1 aromatic carbocycles. The van der Waals surface area contributed by atoms with Crippen LogP contribution in [0.3, 0.4) is 0 Å². The highest BCUT2D eigenvalue weighted by atomic mass is 32.2. The molecule has 0 bridgehead atoms. The molecule has 96 valence electrons. The topological polar surface area (TPSA) is 46.3 Å². The van der Waals surface area contributed by atoms with Gasteiger partial charge in [-0.3, -0.25) is 0 Å². The summed E-state index contributed by atoms with van der Waals surface area (Å²) >= 11 is 0. The van der Waals surface area contributed by atoms with E-state index < -0.39 is 11.0 Å². The molecule has 0 saturated carbocycles. The summed E-state index contributed by atoms with van der Waals surface area (Å²) in [5.74, 6) is 0. The van der Waals surface area contributed by atoms with Crippen molar-refractivity contribution in [2.75, 3.05) is 12.8 Å². The Morgan fingerprint density at radius 1 is 1.29 bits per heavy atom. The van der Waals surface area contributed by atoms with Crippen LogP contribution < -0.4 is 5.73 Å². The Balaban J connectivity index is 2.95.